The highest BCUT2D eigenvalue weighted by atomic mass is 35.6. The molecular formula is C12H9Cl3N2O3. The van der Waals surface area contributed by atoms with Crippen LogP contribution in [0.25, 0.3) is 0 Å². The second-order valence-electron chi connectivity index (χ2n) is 4.16. The summed E-state index contributed by atoms with van der Waals surface area (Å²) in [4.78, 5) is 36.2. The third kappa shape index (κ3) is 3.23. The molecule has 0 aromatic heterocycles. The molecule has 1 aliphatic heterocycles. The fourth-order valence-electron chi connectivity index (χ4n) is 1.87. The molecule has 3 amide bonds. The molecule has 0 spiro atoms. The SMILES string of the molecule is O=C(CN1C(=O)Cc2ccccc21)NC(=O)C(Cl)(Cl)Cl. The van der Waals surface area contributed by atoms with E-state index in [0.29, 0.717) is 5.69 Å². The van der Waals surface area contributed by atoms with E-state index in [-0.39, 0.29) is 18.9 Å². The molecule has 1 aromatic rings. The average molecular weight is 336 g/mol. The predicted molar refractivity (Wildman–Crippen MR) is 75.9 cm³/mol. The van der Waals surface area contributed by atoms with Crippen LogP contribution in [0.15, 0.2) is 24.3 Å². The topological polar surface area (TPSA) is 66.5 Å². The number of amides is 3. The lowest BCUT2D eigenvalue weighted by atomic mass is 10.2. The van der Waals surface area contributed by atoms with Crippen LogP contribution in [0.3, 0.4) is 0 Å². The van der Waals surface area contributed by atoms with E-state index in [0.717, 1.165) is 5.56 Å². The molecule has 1 aliphatic rings. The van der Waals surface area contributed by atoms with E-state index in [9.17, 15) is 14.4 Å². The van der Waals surface area contributed by atoms with Crippen molar-refractivity contribution in [2.75, 3.05) is 11.4 Å². The molecule has 5 nitrogen and oxygen atoms in total. The van der Waals surface area contributed by atoms with Gasteiger partial charge in [-0.1, -0.05) is 53.0 Å². The Bertz CT molecular complexity index is 584. The summed E-state index contributed by atoms with van der Waals surface area (Å²) in [5.41, 5.74) is 1.48. The van der Waals surface area contributed by atoms with Gasteiger partial charge in [-0.05, 0) is 11.6 Å². The third-order valence-electron chi connectivity index (χ3n) is 2.74. The first-order valence-electron chi connectivity index (χ1n) is 5.58. The number of fused-ring (bicyclic) bond motifs is 1. The highest BCUT2D eigenvalue weighted by Crippen LogP contribution is 2.28. The number of benzene rings is 1. The first-order valence-corrected chi connectivity index (χ1v) is 6.71. The van der Waals surface area contributed by atoms with Crippen LogP contribution in [0.1, 0.15) is 5.56 Å². The van der Waals surface area contributed by atoms with Gasteiger partial charge in [0, 0.05) is 5.69 Å². The molecule has 1 aromatic carbocycles. The van der Waals surface area contributed by atoms with E-state index in [1.54, 1.807) is 18.2 Å². The van der Waals surface area contributed by atoms with Crippen molar-refractivity contribution in [3.8, 4) is 0 Å². The Hall–Kier alpha value is -1.30. The summed E-state index contributed by atoms with van der Waals surface area (Å²) in [5.74, 6) is -1.98. The van der Waals surface area contributed by atoms with Crippen molar-refractivity contribution in [1.29, 1.82) is 0 Å². The molecule has 1 N–H and O–H groups in total. The molecule has 1 heterocycles. The first-order chi connectivity index (χ1) is 9.29. The number of rotatable bonds is 2. The number of anilines is 1. The lowest BCUT2D eigenvalue weighted by molar-refractivity contribution is -0.130. The smallest absolute Gasteiger partial charge is 0.278 e. The molecule has 0 radical (unpaired) electrons. The standard InChI is InChI=1S/C12H9Cl3N2O3/c13-12(14,15)11(20)16-9(18)6-17-8-4-2-1-3-7(8)5-10(17)19/h1-4H,5-6H2,(H,16,18,20). The van der Waals surface area contributed by atoms with Crippen LogP contribution in [-0.4, -0.2) is 28.1 Å². The van der Waals surface area contributed by atoms with Gasteiger partial charge in [0.2, 0.25) is 11.8 Å². The highest BCUT2D eigenvalue weighted by Gasteiger charge is 2.34. The minimum absolute atomic E-state index is 0.220. The van der Waals surface area contributed by atoms with E-state index in [2.05, 4.69) is 0 Å². The second-order valence-corrected chi connectivity index (χ2v) is 6.44. The maximum absolute atomic E-state index is 11.8. The molecule has 20 heavy (non-hydrogen) atoms. The van der Waals surface area contributed by atoms with Gasteiger partial charge in [-0.25, -0.2) is 0 Å². The van der Waals surface area contributed by atoms with Crippen molar-refractivity contribution >= 4 is 58.2 Å². The van der Waals surface area contributed by atoms with Crippen LogP contribution in [0, 0.1) is 0 Å². The van der Waals surface area contributed by atoms with Crippen molar-refractivity contribution in [2.45, 2.75) is 10.2 Å². The molecule has 8 heteroatoms. The Labute approximate surface area is 129 Å². The van der Waals surface area contributed by atoms with Crippen LogP contribution in [0.5, 0.6) is 0 Å². The van der Waals surface area contributed by atoms with Gasteiger partial charge in [0.25, 0.3) is 9.70 Å². The van der Waals surface area contributed by atoms with Crippen molar-refractivity contribution in [1.82, 2.24) is 5.32 Å². The number of hydrogen-bond donors (Lipinski definition) is 1. The van der Waals surface area contributed by atoms with Crippen LogP contribution < -0.4 is 10.2 Å². The van der Waals surface area contributed by atoms with Gasteiger partial charge in [0.05, 0.1) is 6.42 Å². The second kappa shape index (κ2) is 5.60. The Balaban J connectivity index is 2.06. The van der Waals surface area contributed by atoms with Crippen LogP contribution in [-0.2, 0) is 20.8 Å². The summed E-state index contributed by atoms with van der Waals surface area (Å²) in [6, 6.07) is 7.10. The Morgan fingerprint density at radius 3 is 2.55 bits per heavy atom. The number of para-hydroxylation sites is 1. The minimum atomic E-state index is -2.22. The Morgan fingerprint density at radius 2 is 1.90 bits per heavy atom. The maximum atomic E-state index is 11.8. The van der Waals surface area contributed by atoms with Crippen molar-refractivity contribution < 1.29 is 14.4 Å². The summed E-state index contributed by atoms with van der Waals surface area (Å²) in [7, 11) is 0. The number of halogens is 3. The molecule has 0 aliphatic carbocycles. The average Bonchev–Trinajstić information content (AvgIpc) is 2.65. The largest absolute Gasteiger partial charge is 0.302 e. The lowest BCUT2D eigenvalue weighted by Gasteiger charge is -2.17. The highest BCUT2D eigenvalue weighted by molar-refractivity contribution is 6.76. The van der Waals surface area contributed by atoms with E-state index in [1.165, 1.54) is 4.90 Å². The minimum Gasteiger partial charge on any atom is -0.302 e. The number of alkyl halides is 3. The molecule has 0 saturated heterocycles. The number of hydrogen-bond acceptors (Lipinski definition) is 3. The number of imide groups is 1. The number of nitrogens with zero attached hydrogens (tertiary/aromatic N) is 1. The maximum Gasteiger partial charge on any atom is 0.278 e. The summed E-state index contributed by atoms with van der Waals surface area (Å²) in [6.07, 6.45) is 0.224. The van der Waals surface area contributed by atoms with E-state index < -0.39 is 15.6 Å². The molecule has 2 rings (SSSR count). The molecule has 0 bridgehead atoms. The normalized spacial score (nSPS) is 14.2. The predicted octanol–water partition coefficient (Wildman–Crippen LogP) is 1.59. The fourth-order valence-corrected chi connectivity index (χ4v) is 2.01. The summed E-state index contributed by atoms with van der Waals surface area (Å²) in [5, 5.41) is 1.93. The Morgan fingerprint density at radius 1 is 1.25 bits per heavy atom. The number of carbonyl (C=O) groups excluding carboxylic acids is 3. The van der Waals surface area contributed by atoms with Gasteiger partial charge in [-0.2, -0.15) is 0 Å². The first kappa shape index (κ1) is 15.1. The van der Waals surface area contributed by atoms with Crippen LogP contribution in [0.2, 0.25) is 0 Å². The number of nitrogens with one attached hydrogen (secondary N) is 1. The van der Waals surface area contributed by atoms with Gasteiger partial charge in [-0.3, -0.25) is 19.7 Å². The lowest BCUT2D eigenvalue weighted by Crippen LogP contribution is -2.45. The van der Waals surface area contributed by atoms with Crippen molar-refractivity contribution in [2.24, 2.45) is 0 Å². The zero-order chi connectivity index (χ0) is 14.9. The van der Waals surface area contributed by atoms with Crippen molar-refractivity contribution in [3.05, 3.63) is 29.8 Å². The third-order valence-corrected chi connectivity index (χ3v) is 3.25. The van der Waals surface area contributed by atoms with E-state index in [1.807, 2.05) is 11.4 Å². The van der Waals surface area contributed by atoms with Gasteiger partial charge in [0.15, 0.2) is 0 Å². The molecule has 106 valence electrons. The van der Waals surface area contributed by atoms with Crippen LogP contribution in [0.4, 0.5) is 5.69 Å². The van der Waals surface area contributed by atoms with Crippen molar-refractivity contribution in [3.63, 3.8) is 0 Å². The summed E-state index contributed by atoms with van der Waals surface area (Å²) in [6.45, 7) is -0.303. The van der Waals surface area contributed by atoms with Gasteiger partial charge in [0.1, 0.15) is 6.54 Å². The van der Waals surface area contributed by atoms with Crippen LogP contribution >= 0.6 is 34.8 Å². The zero-order valence-electron chi connectivity index (χ0n) is 10.0. The molecule has 0 unspecified atom stereocenters. The summed E-state index contributed by atoms with van der Waals surface area (Å²) < 4.78 is -2.22. The van der Waals surface area contributed by atoms with Gasteiger partial charge < -0.3 is 4.90 Å². The van der Waals surface area contributed by atoms with Gasteiger partial charge >= 0.3 is 0 Å². The summed E-state index contributed by atoms with van der Waals surface area (Å²) >= 11 is 16.0. The Kier molecular flexibility index (Phi) is 4.22. The molecular weight excluding hydrogens is 327 g/mol. The monoisotopic (exact) mass is 334 g/mol. The van der Waals surface area contributed by atoms with E-state index in [4.69, 9.17) is 34.8 Å². The molecule has 0 fully saturated rings. The molecule has 0 saturated carbocycles. The van der Waals surface area contributed by atoms with Gasteiger partial charge in [-0.15, -0.1) is 0 Å². The fraction of sp³-hybridized carbons (Fsp3) is 0.250. The zero-order valence-corrected chi connectivity index (χ0v) is 12.3. The quantitative estimate of drug-likeness (QED) is 0.835. The molecule has 0 atom stereocenters. The van der Waals surface area contributed by atoms with E-state index >= 15 is 0 Å². The number of carbonyl (C=O) groups is 3.